The van der Waals surface area contributed by atoms with Crippen molar-refractivity contribution < 1.29 is 8.42 Å². The zero-order valence-electron chi connectivity index (χ0n) is 9.97. The highest BCUT2D eigenvalue weighted by molar-refractivity contribution is 7.92. The summed E-state index contributed by atoms with van der Waals surface area (Å²) in [4.78, 5) is 0.0171. The van der Waals surface area contributed by atoms with E-state index in [2.05, 4.69) is 4.72 Å². The lowest BCUT2D eigenvalue weighted by Gasteiger charge is -2.10. The van der Waals surface area contributed by atoms with Crippen LogP contribution in [0.5, 0.6) is 0 Å². The molecule has 0 aromatic heterocycles. The summed E-state index contributed by atoms with van der Waals surface area (Å²) in [6.07, 6.45) is 0. The van der Waals surface area contributed by atoms with Crippen LogP contribution >= 0.6 is 23.2 Å². The Morgan fingerprint density at radius 1 is 1.10 bits per heavy atom. The summed E-state index contributed by atoms with van der Waals surface area (Å²) in [5.41, 5.74) is 0.448. The molecule has 0 aliphatic carbocycles. The second-order valence-corrected chi connectivity index (χ2v) is 6.40. The third-order valence-electron chi connectivity index (χ3n) is 2.45. The van der Waals surface area contributed by atoms with E-state index in [4.69, 9.17) is 28.5 Å². The van der Waals surface area contributed by atoms with Crippen molar-refractivity contribution in [2.75, 3.05) is 4.72 Å². The van der Waals surface area contributed by atoms with E-state index in [1.807, 2.05) is 6.07 Å². The maximum atomic E-state index is 12.2. The average Bonchev–Trinajstić information content (AvgIpc) is 2.41. The Labute approximate surface area is 126 Å². The van der Waals surface area contributed by atoms with Gasteiger partial charge in [0.25, 0.3) is 10.0 Å². The Kier molecular flexibility index (Phi) is 4.19. The van der Waals surface area contributed by atoms with Gasteiger partial charge in [0, 0.05) is 5.02 Å². The number of nitriles is 1. The molecular formula is C13H8Cl2N2O2S. The van der Waals surface area contributed by atoms with Crippen molar-refractivity contribution in [3.05, 3.63) is 58.1 Å². The molecule has 0 heterocycles. The summed E-state index contributed by atoms with van der Waals surface area (Å²) in [6.45, 7) is 0. The third kappa shape index (κ3) is 3.23. The van der Waals surface area contributed by atoms with Crippen molar-refractivity contribution in [1.82, 2.24) is 0 Å². The van der Waals surface area contributed by atoms with E-state index in [0.29, 0.717) is 10.6 Å². The average molecular weight is 327 g/mol. The van der Waals surface area contributed by atoms with E-state index < -0.39 is 10.0 Å². The van der Waals surface area contributed by atoms with Gasteiger partial charge in [-0.15, -0.1) is 0 Å². The summed E-state index contributed by atoms with van der Waals surface area (Å²) in [6, 6.07) is 12.1. The molecule has 2 rings (SSSR count). The van der Waals surface area contributed by atoms with E-state index in [1.165, 1.54) is 36.4 Å². The van der Waals surface area contributed by atoms with E-state index in [0.717, 1.165) is 0 Å². The van der Waals surface area contributed by atoms with Gasteiger partial charge in [-0.1, -0.05) is 29.3 Å². The van der Waals surface area contributed by atoms with Crippen molar-refractivity contribution >= 4 is 38.9 Å². The second-order valence-electron chi connectivity index (χ2n) is 3.87. The Bertz CT molecular complexity index is 798. The van der Waals surface area contributed by atoms with Crippen LogP contribution in [0.25, 0.3) is 0 Å². The summed E-state index contributed by atoms with van der Waals surface area (Å²) < 4.78 is 26.7. The molecule has 0 spiro atoms. The van der Waals surface area contributed by atoms with Crippen molar-refractivity contribution in [3.63, 3.8) is 0 Å². The van der Waals surface area contributed by atoms with Gasteiger partial charge in [-0.05, 0) is 36.4 Å². The van der Waals surface area contributed by atoms with Crippen molar-refractivity contribution in [2.24, 2.45) is 0 Å². The number of sulfonamides is 1. The van der Waals surface area contributed by atoms with Crippen LogP contribution in [0.1, 0.15) is 5.56 Å². The van der Waals surface area contributed by atoms with Crippen molar-refractivity contribution in [3.8, 4) is 6.07 Å². The lowest BCUT2D eigenvalue weighted by Crippen LogP contribution is -2.13. The minimum absolute atomic E-state index is 0.0171. The highest BCUT2D eigenvalue weighted by Gasteiger charge is 2.16. The van der Waals surface area contributed by atoms with Gasteiger partial charge in [0.15, 0.2) is 0 Å². The standard InChI is InChI=1S/C13H8Cl2N2O2S/c14-10-2-1-3-11(7-10)20(18,19)17-13-6-9(8-16)4-5-12(13)15/h1-7,17H. The molecule has 0 amide bonds. The van der Waals surface area contributed by atoms with Gasteiger partial charge in [-0.3, -0.25) is 4.72 Å². The number of halogens is 2. The van der Waals surface area contributed by atoms with Crippen LogP contribution in [0, 0.1) is 11.3 Å². The zero-order valence-corrected chi connectivity index (χ0v) is 12.3. The fourth-order valence-corrected chi connectivity index (χ4v) is 3.10. The number of nitrogens with zero attached hydrogens (tertiary/aromatic N) is 1. The molecule has 4 nitrogen and oxygen atoms in total. The highest BCUT2D eigenvalue weighted by Crippen LogP contribution is 2.26. The number of rotatable bonds is 3. The first-order chi connectivity index (χ1) is 9.42. The maximum absolute atomic E-state index is 12.2. The Hall–Kier alpha value is -1.74. The molecule has 102 valence electrons. The van der Waals surface area contributed by atoms with Crippen molar-refractivity contribution in [2.45, 2.75) is 4.90 Å². The SMILES string of the molecule is N#Cc1ccc(Cl)c(NS(=O)(=O)c2cccc(Cl)c2)c1. The summed E-state index contributed by atoms with van der Waals surface area (Å²) >= 11 is 11.7. The van der Waals surface area contributed by atoms with Gasteiger partial charge in [-0.25, -0.2) is 8.42 Å². The number of anilines is 1. The van der Waals surface area contributed by atoms with Crippen LogP contribution in [0.15, 0.2) is 47.4 Å². The van der Waals surface area contributed by atoms with Gasteiger partial charge in [0.1, 0.15) is 0 Å². The molecule has 0 radical (unpaired) electrons. The second kappa shape index (κ2) is 5.71. The summed E-state index contributed by atoms with van der Waals surface area (Å²) in [5, 5.41) is 9.33. The third-order valence-corrected chi connectivity index (χ3v) is 4.37. The molecule has 0 fully saturated rings. The van der Waals surface area contributed by atoms with Crippen LogP contribution in [0.3, 0.4) is 0 Å². The zero-order chi connectivity index (χ0) is 14.8. The molecule has 1 N–H and O–H groups in total. The first kappa shape index (κ1) is 14.7. The van der Waals surface area contributed by atoms with Gasteiger partial charge in [0.05, 0.1) is 27.2 Å². The monoisotopic (exact) mass is 326 g/mol. The maximum Gasteiger partial charge on any atom is 0.261 e. The fourth-order valence-electron chi connectivity index (χ4n) is 1.51. The molecule has 0 bridgehead atoms. The van der Waals surface area contributed by atoms with Gasteiger partial charge in [0.2, 0.25) is 0 Å². The Morgan fingerprint density at radius 2 is 1.85 bits per heavy atom. The topological polar surface area (TPSA) is 70.0 Å². The van der Waals surface area contributed by atoms with Crippen LogP contribution in [0.2, 0.25) is 10.0 Å². The normalized spacial score (nSPS) is 10.8. The van der Waals surface area contributed by atoms with Gasteiger partial charge in [-0.2, -0.15) is 5.26 Å². The molecule has 0 saturated carbocycles. The Morgan fingerprint density at radius 3 is 2.50 bits per heavy atom. The fraction of sp³-hybridized carbons (Fsp3) is 0. The molecule has 0 saturated heterocycles. The molecule has 0 unspecified atom stereocenters. The molecule has 7 heteroatoms. The minimum atomic E-state index is -3.81. The predicted octanol–water partition coefficient (Wildman–Crippen LogP) is 3.67. The number of nitrogens with one attached hydrogen (secondary N) is 1. The molecule has 0 aliphatic heterocycles. The first-order valence-electron chi connectivity index (χ1n) is 5.40. The molecule has 20 heavy (non-hydrogen) atoms. The van der Waals surface area contributed by atoms with Gasteiger partial charge < -0.3 is 0 Å². The largest absolute Gasteiger partial charge is 0.278 e. The molecule has 0 aliphatic rings. The predicted molar refractivity (Wildman–Crippen MR) is 78.4 cm³/mol. The molecule has 2 aromatic carbocycles. The van der Waals surface area contributed by atoms with E-state index in [-0.39, 0.29) is 15.6 Å². The highest BCUT2D eigenvalue weighted by atomic mass is 35.5. The first-order valence-corrected chi connectivity index (χ1v) is 7.64. The quantitative estimate of drug-likeness (QED) is 0.935. The molecular weight excluding hydrogens is 319 g/mol. The van der Waals surface area contributed by atoms with E-state index >= 15 is 0 Å². The van der Waals surface area contributed by atoms with Crippen LogP contribution in [-0.4, -0.2) is 8.42 Å². The van der Waals surface area contributed by atoms with Gasteiger partial charge >= 0.3 is 0 Å². The van der Waals surface area contributed by atoms with E-state index in [9.17, 15) is 8.42 Å². The van der Waals surface area contributed by atoms with Crippen LogP contribution < -0.4 is 4.72 Å². The lowest BCUT2D eigenvalue weighted by molar-refractivity contribution is 0.601. The van der Waals surface area contributed by atoms with Crippen LogP contribution in [-0.2, 0) is 10.0 Å². The van der Waals surface area contributed by atoms with E-state index in [1.54, 1.807) is 6.07 Å². The van der Waals surface area contributed by atoms with Crippen LogP contribution in [0.4, 0.5) is 5.69 Å². The number of hydrogen-bond donors (Lipinski definition) is 1. The minimum Gasteiger partial charge on any atom is -0.278 e. The number of benzene rings is 2. The number of hydrogen-bond acceptors (Lipinski definition) is 3. The van der Waals surface area contributed by atoms with Crippen molar-refractivity contribution in [1.29, 1.82) is 5.26 Å². The molecule has 0 atom stereocenters. The summed E-state index contributed by atoms with van der Waals surface area (Å²) in [7, 11) is -3.81. The summed E-state index contributed by atoms with van der Waals surface area (Å²) in [5.74, 6) is 0. The smallest absolute Gasteiger partial charge is 0.261 e. The lowest BCUT2D eigenvalue weighted by atomic mass is 10.2. The Balaban J connectivity index is 2.41. The molecule has 2 aromatic rings.